The standard InChI is InChI=1S/C14H16NP/c16-11-10-12-6-8-14(9-7-12)15-13-4-2-1-3-5-13/h1-9,15H,10-11,16H2. The van der Waals surface area contributed by atoms with Gasteiger partial charge in [0.05, 0.1) is 0 Å². The Morgan fingerprint density at radius 3 is 2.06 bits per heavy atom. The highest BCUT2D eigenvalue weighted by Gasteiger charge is 1.94. The van der Waals surface area contributed by atoms with Crippen LogP contribution in [0.2, 0.25) is 0 Å². The van der Waals surface area contributed by atoms with Crippen molar-refractivity contribution >= 4 is 20.6 Å². The van der Waals surface area contributed by atoms with E-state index in [2.05, 4.69) is 51.0 Å². The Labute approximate surface area is 99.1 Å². The Hall–Kier alpha value is -1.33. The first kappa shape index (κ1) is 11.2. The zero-order valence-corrected chi connectivity index (χ0v) is 10.3. The zero-order valence-electron chi connectivity index (χ0n) is 9.19. The van der Waals surface area contributed by atoms with Gasteiger partial charge in [-0.2, -0.15) is 0 Å². The summed E-state index contributed by atoms with van der Waals surface area (Å²) in [6.07, 6.45) is 2.24. The van der Waals surface area contributed by atoms with E-state index in [0.29, 0.717) is 0 Å². The van der Waals surface area contributed by atoms with Gasteiger partial charge in [0.1, 0.15) is 0 Å². The molecule has 1 atom stereocenters. The lowest BCUT2D eigenvalue weighted by Crippen LogP contribution is -1.91. The Bertz CT molecular complexity index is 422. The van der Waals surface area contributed by atoms with Gasteiger partial charge in [0.15, 0.2) is 0 Å². The van der Waals surface area contributed by atoms with Gasteiger partial charge in [-0.25, -0.2) is 0 Å². The van der Waals surface area contributed by atoms with Gasteiger partial charge in [0.25, 0.3) is 0 Å². The van der Waals surface area contributed by atoms with Gasteiger partial charge in [-0.15, -0.1) is 9.24 Å². The number of rotatable bonds is 4. The number of hydrogen-bond donors (Lipinski definition) is 1. The second kappa shape index (κ2) is 5.67. The van der Waals surface area contributed by atoms with Crippen molar-refractivity contribution in [2.45, 2.75) is 6.42 Å². The van der Waals surface area contributed by atoms with Crippen LogP contribution in [-0.4, -0.2) is 6.16 Å². The highest BCUT2D eigenvalue weighted by atomic mass is 31.0. The molecule has 0 saturated carbocycles. The average Bonchev–Trinajstić information content (AvgIpc) is 2.33. The fraction of sp³-hybridized carbons (Fsp3) is 0.143. The average molecular weight is 229 g/mol. The molecule has 2 aromatic rings. The maximum atomic E-state index is 3.37. The molecule has 1 nitrogen and oxygen atoms in total. The van der Waals surface area contributed by atoms with Crippen molar-refractivity contribution in [3.05, 3.63) is 60.2 Å². The molecule has 82 valence electrons. The third-order valence-corrected chi connectivity index (χ3v) is 2.74. The molecule has 0 fully saturated rings. The van der Waals surface area contributed by atoms with Crippen LogP contribution in [0.4, 0.5) is 11.4 Å². The van der Waals surface area contributed by atoms with Crippen LogP contribution in [0, 0.1) is 0 Å². The lowest BCUT2D eigenvalue weighted by Gasteiger charge is -2.06. The molecule has 2 heteroatoms. The van der Waals surface area contributed by atoms with Gasteiger partial charge in [-0.05, 0) is 42.4 Å². The molecule has 0 bridgehead atoms. The Morgan fingerprint density at radius 2 is 1.44 bits per heavy atom. The highest BCUT2D eigenvalue weighted by molar-refractivity contribution is 7.16. The summed E-state index contributed by atoms with van der Waals surface area (Å²) >= 11 is 0. The molecule has 0 heterocycles. The zero-order chi connectivity index (χ0) is 11.2. The van der Waals surface area contributed by atoms with Crippen molar-refractivity contribution in [3.8, 4) is 0 Å². The summed E-state index contributed by atoms with van der Waals surface area (Å²) in [7, 11) is 2.75. The molecule has 0 saturated heterocycles. The number of nitrogens with one attached hydrogen (secondary N) is 1. The monoisotopic (exact) mass is 229 g/mol. The fourth-order valence-electron chi connectivity index (χ4n) is 1.61. The van der Waals surface area contributed by atoms with E-state index in [-0.39, 0.29) is 0 Å². The summed E-state index contributed by atoms with van der Waals surface area (Å²) in [6.45, 7) is 0. The van der Waals surface area contributed by atoms with E-state index in [1.807, 2.05) is 18.2 Å². The van der Waals surface area contributed by atoms with E-state index < -0.39 is 0 Å². The van der Waals surface area contributed by atoms with Crippen molar-refractivity contribution in [2.24, 2.45) is 0 Å². The maximum absolute atomic E-state index is 3.37. The summed E-state index contributed by atoms with van der Waals surface area (Å²) in [4.78, 5) is 0. The minimum Gasteiger partial charge on any atom is -0.356 e. The summed E-state index contributed by atoms with van der Waals surface area (Å²) in [5, 5.41) is 3.37. The normalized spacial score (nSPS) is 10.1. The smallest absolute Gasteiger partial charge is 0.0384 e. The third kappa shape index (κ3) is 3.08. The number of para-hydroxylation sites is 1. The lowest BCUT2D eigenvalue weighted by atomic mass is 10.1. The predicted octanol–water partition coefficient (Wildman–Crippen LogP) is 3.85. The van der Waals surface area contributed by atoms with Gasteiger partial charge in [-0.3, -0.25) is 0 Å². The first-order valence-corrected chi connectivity index (χ1v) is 6.31. The largest absolute Gasteiger partial charge is 0.356 e. The molecule has 0 radical (unpaired) electrons. The molecule has 1 unspecified atom stereocenters. The van der Waals surface area contributed by atoms with Crippen molar-refractivity contribution in [1.29, 1.82) is 0 Å². The summed E-state index contributed by atoms with van der Waals surface area (Å²) in [6, 6.07) is 18.8. The van der Waals surface area contributed by atoms with Gasteiger partial charge in [0.2, 0.25) is 0 Å². The number of aryl methyl sites for hydroxylation is 1. The molecule has 0 aliphatic heterocycles. The predicted molar refractivity (Wildman–Crippen MR) is 74.4 cm³/mol. The van der Waals surface area contributed by atoms with E-state index in [1.54, 1.807) is 0 Å². The van der Waals surface area contributed by atoms with Crippen LogP contribution in [-0.2, 0) is 6.42 Å². The Morgan fingerprint density at radius 1 is 0.812 bits per heavy atom. The topological polar surface area (TPSA) is 12.0 Å². The number of anilines is 2. The van der Waals surface area contributed by atoms with Crippen molar-refractivity contribution in [1.82, 2.24) is 0 Å². The van der Waals surface area contributed by atoms with E-state index in [9.17, 15) is 0 Å². The van der Waals surface area contributed by atoms with E-state index in [4.69, 9.17) is 0 Å². The molecule has 1 N–H and O–H groups in total. The molecule has 2 aromatic carbocycles. The van der Waals surface area contributed by atoms with Crippen molar-refractivity contribution < 1.29 is 0 Å². The highest BCUT2D eigenvalue weighted by Crippen LogP contribution is 2.16. The summed E-state index contributed by atoms with van der Waals surface area (Å²) < 4.78 is 0. The SMILES string of the molecule is PCCc1ccc(Nc2ccccc2)cc1. The Balaban J connectivity index is 2.05. The lowest BCUT2D eigenvalue weighted by molar-refractivity contribution is 1.16. The molecule has 16 heavy (non-hydrogen) atoms. The maximum Gasteiger partial charge on any atom is 0.0384 e. The summed E-state index contributed by atoms with van der Waals surface area (Å²) in [5.74, 6) is 0. The van der Waals surface area contributed by atoms with Crippen LogP contribution < -0.4 is 5.32 Å². The molecule has 0 aliphatic carbocycles. The van der Waals surface area contributed by atoms with Crippen molar-refractivity contribution in [2.75, 3.05) is 11.5 Å². The van der Waals surface area contributed by atoms with E-state index in [1.165, 1.54) is 5.56 Å². The molecular formula is C14H16NP. The van der Waals surface area contributed by atoms with Crippen molar-refractivity contribution in [3.63, 3.8) is 0 Å². The molecule has 0 spiro atoms. The third-order valence-electron chi connectivity index (χ3n) is 2.45. The number of hydrogen-bond acceptors (Lipinski definition) is 1. The quantitative estimate of drug-likeness (QED) is 0.785. The van der Waals surface area contributed by atoms with Gasteiger partial charge < -0.3 is 5.32 Å². The van der Waals surface area contributed by atoms with E-state index >= 15 is 0 Å². The van der Waals surface area contributed by atoms with Crippen LogP contribution in [0.3, 0.4) is 0 Å². The second-order valence-corrected chi connectivity index (χ2v) is 4.30. The van der Waals surface area contributed by atoms with Gasteiger partial charge >= 0.3 is 0 Å². The number of benzene rings is 2. The molecular weight excluding hydrogens is 213 g/mol. The van der Waals surface area contributed by atoms with Crippen LogP contribution in [0.15, 0.2) is 54.6 Å². The molecule has 0 aromatic heterocycles. The fourth-order valence-corrected chi connectivity index (χ4v) is 1.94. The second-order valence-electron chi connectivity index (χ2n) is 3.73. The molecule has 2 rings (SSSR count). The van der Waals surface area contributed by atoms with Gasteiger partial charge in [0, 0.05) is 11.4 Å². The minimum atomic E-state index is 1.12. The van der Waals surface area contributed by atoms with Crippen LogP contribution in [0.1, 0.15) is 5.56 Å². The van der Waals surface area contributed by atoms with Crippen LogP contribution in [0.5, 0.6) is 0 Å². The molecule has 0 amide bonds. The summed E-state index contributed by atoms with van der Waals surface area (Å²) in [5.41, 5.74) is 3.65. The molecule has 0 aliphatic rings. The first-order chi connectivity index (χ1) is 7.88. The van der Waals surface area contributed by atoms with E-state index in [0.717, 1.165) is 24.0 Å². The Kier molecular flexibility index (Phi) is 3.96. The van der Waals surface area contributed by atoms with Crippen LogP contribution in [0.25, 0.3) is 0 Å². The minimum absolute atomic E-state index is 1.12. The van der Waals surface area contributed by atoms with Gasteiger partial charge in [-0.1, -0.05) is 30.3 Å². The first-order valence-electron chi connectivity index (χ1n) is 5.49. The van der Waals surface area contributed by atoms with Crippen LogP contribution >= 0.6 is 9.24 Å².